The average molecular weight is 262 g/mol. The molecule has 17 heavy (non-hydrogen) atoms. The molecule has 0 aromatic heterocycles. The van der Waals surface area contributed by atoms with Gasteiger partial charge in [-0.2, -0.15) is 11.8 Å². The lowest BCUT2D eigenvalue weighted by atomic mass is 10.2. The minimum atomic E-state index is -0.609. The van der Waals surface area contributed by atoms with Crippen molar-refractivity contribution in [3.05, 3.63) is 0 Å². The van der Waals surface area contributed by atoms with Crippen LogP contribution in [-0.4, -0.2) is 73.4 Å². The Bertz CT molecular complexity index is 235. The van der Waals surface area contributed by atoms with Gasteiger partial charge in [0, 0.05) is 51.2 Å². The number of carbonyl (C=O) groups excluding carboxylic acids is 1. The van der Waals surface area contributed by atoms with Crippen LogP contribution in [-0.2, 0) is 9.53 Å². The highest BCUT2D eigenvalue weighted by Gasteiger charge is 2.20. The van der Waals surface area contributed by atoms with E-state index < -0.39 is 6.10 Å². The van der Waals surface area contributed by atoms with E-state index in [-0.39, 0.29) is 18.6 Å². The molecule has 1 saturated heterocycles. The number of thioether (sulfide) groups is 1. The highest BCUT2D eigenvalue weighted by Crippen LogP contribution is 2.11. The minimum Gasteiger partial charge on any atom is -0.389 e. The summed E-state index contributed by atoms with van der Waals surface area (Å²) in [6, 6.07) is 0.267. The Morgan fingerprint density at radius 2 is 2.47 bits per heavy atom. The summed E-state index contributed by atoms with van der Waals surface area (Å²) < 4.78 is 4.83. The summed E-state index contributed by atoms with van der Waals surface area (Å²) in [5.74, 6) is 2.17. The largest absolute Gasteiger partial charge is 0.389 e. The highest BCUT2D eigenvalue weighted by molar-refractivity contribution is 7.99. The summed E-state index contributed by atoms with van der Waals surface area (Å²) in [5, 5.41) is 12.9. The molecule has 2 atom stereocenters. The number of rotatable bonds is 6. The summed E-state index contributed by atoms with van der Waals surface area (Å²) >= 11 is 1.88. The molecule has 1 aliphatic heterocycles. The summed E-state index contributed by atoms with van der Waals surface area (Å²) in [7, 11) is 3.26. The Morgan fingerprint density at radius 3 is 3.06 bits per heavy atom. The van der Waals surface area contributed by atoms with Gasteiger partial charge >= 0.3 is 0 Å². The zero-order chi connectivity index (χ0) is 12.7. The van der Waals surface area contributed by atoms with E-state index >= 15 is 0 Å². The number of aliphatic hydroxyl groups excluding tert-OH is 1. The lowest BCUT2D eigenvalue weighted by Gasteiger charge is -2.26. The van der Waals surface area contributed by atoms with E-state index in [4.69, 9.17) is 4.74 Å². The zero-order valence-electron chi connectivity index (χ0n) is 10.5. The van der Waals surface area contributed by atoms with Gasteiger partial charge in [0.15, 0.2) is 0 Å². The summed E-state index contributed by atoms with van der Waals surface area (Å²) in [6.45, 7) is 1.56. The molecule has 0 saturated carbocycles. The number of nitrogens with zero attached hydrogens (tertiary/aromatic N) is 1. The van der Waals surface area contributed by atoms with Crippen LogP contribution in [0.25, 0.3) is 0 Å². The van der Waals surface area contributed by atoms with Crippen LogP contribution in [0.1, 0.15) is 6.42 Å². The SMILES string of the molecule is COCC(O)CN(C)C(=O)CC1CSCCN1. The smallest absolute Gasteiger partial charge is 0.223 e. The van der Waals surface area contributed by atoms with Crippen molar-refractivity contribution in [3.63, 3.8) is 0 Å². The normalized spacial score (nSPS) is 22.2. The Labute approximate surface area is 107 Å². The van der Waals surface area contributed by atoms with E-state index in [0.717, 1.165) is 18.1 Å². The van der Waals surface area contributed by atoms with E-state index in [1.165, 1.54) is 7.11 Å². The number of hydrogen-bond acceptors (Lipinski definition) is 5. The van der Waals surface area contributed by atoms with E-state index in [0.29, 0.717) is 13.0 Å². The molecule has 1 rings (SSSR count). The standard InChI is InChI=1S/C11H22N2O3S/c1-13(6-10(14)7-16-2)11(15)5-9-8-17-4-3-12-9/h9-10,12,14H,3-8H2,1-2H3. The molecule has 1 heterocycles. The molecule has 0 spiro atoms. The molecular weight excluding hydrogens is 240 g/mol. The highest BCUT2D eigenvalue weighted by atomic mass is 32.2. The average Bonchev–Trinajstić information content (AvgIpc) is 2.30. The van der Waals surface area contributed by atoms with Crippen LogP contribution in [0.4, 0.5) is 0 Å². The molecule has 6 heteroatoms. The minimum absolute atomic E-state index is 0.0696. The summed E-state index contributed by atoms with van der Waals surface area (Å²) in [5.41, 5.74) is 0. The van der Waals surface area contributed by atoms with Gasteiger partial charge in [-0.15, -0.1) is 0 Å². The first-order valence-electron chi connectivity index (χ1n) is 5.85. The van der Waals surface area contributed by atoms with Gasteiger partial charge in [0.25, 0.3) is 0 Å². The molecule has 1 fully saturated rings. The molecule has 1 aliphatic rings. The van der Waals surface area contributed by atoms with E-state index in [1.807, 2.05) is 11.8 Å². The van der Waals surface area contributed by atoms with Gasteiger partial charge in [-0.1, -0.05) is 0 Å². The Balaban J connectivity index is 2.25. The van der Waals surface area contributed by atoms with Crippen molar-refractivity contribution in [1.82, 2.24) is 10.2 Å². The molecule has 0 aromatic carbocycles. The molecule has 0 bridgehead atoms. The van der Waals surface area contributed by atoms with Crippen molar-refractivity contribution in [1.29, 1.82) is 0 Å². The number of carbonyl (C=O) groups is 1. The Hall–Kier alpha value is -0.300. The number of ether oxygens (including phenoxy) is 1. The molecule has 0 aromatic rings. The van der Waals surface area contributed by atoms with Crippen LogP contribution in [0.3, 0.4) is 0 Å². The number of likely N-dealkylation sites (N-methyl/N-ethyl adjacent to an activating group) is 1. The second kappa shape index (κ2) is 7.92. The first kappa shape index (κ1) is 14.8. The number of aliphatic hydroxyl groups is 1. The predicted molar refractivity (Wildman–Crippen MR) is 69.3 cm³/mol. The van der Waals surface area contributed by atoms with Gasteiger partial charge in [0.2, 0.25) is 5.91 Å². The number of hydrogen-bond donors (Lipinski definition) is 2. The maximum atomic E-state index is 11.9. The van der Waals surface area contributed by atoms with Crippen molar-refractivity contribution < 1.29 is 14.6 Å². The second-order valence-electron chi connectivity index (χ2n) is 4.31. The third-order valence-electron chi connectivity index (χ3n) is 2.69. The van der Waals surface area contributed by atoms with Crippen LogP contribution < -0.4 is 5.32 Å². The first-order chi connectivity index (χ1) is 8.13. The van der Waals surface area contributed by atoms with Gasteiger partial charge < -0.3 is 20.1 Å². The van der Waals surface area contributed by atoms with Crippen LogP contribution in [0.2, 0.25) is 0 Å². The summed E-state index contributed by atoms with van der Waals surface area (Å²) in [6.07, 6.45) is -0.105. The van der Waals surface area contributed by atoms with Crippen molar-refractivity contribution in [2.75, 3.05) is 45.4 Å². The second-order valence-corrected chi connectivity index (χ2v) is 5.46. The fourth-order valence-corrected chi connectivity index (χ4v) is 2.73. The van der Waals surface area contributed by atoms with Crippen LogP contribution >= 0.6 is 11.8 Å². The molecule has 2 unspecified atom stereocenters. The molecular formula is C11H22N2O3S. The molecule has 2 N–H and O–H groups in total. The lowest BCUT2D eigenvalue weighted by molar-refractivity contribution is -0.132. The topological polar surface area (TPSA) is 61.8 Å². The Kier molecular flexibility index (Phi) is 6.87. The van der Waals surface area contributed by atoms with Crippen molar-refractivity contribution in [2.24, 2.45) is 0 Å². The van der Waals surface area contributed by atoms with Crippen LogP contribution in [0.5, 0.6) is 0 Å². The quantitative estimate of drug-likeness (QED) is 0.679. The monoisotopic (exact) mass is 262 g/mol. The third kappa shape index (κ3) is 5.72. The van der Waals surface area contributed by atoms with E-state index in [1.54, 1.807) is 11.9 Å². The van der Waals surface area contributed by atoms with Gasteiger partial charge in [0.05, 0.1) is 12.7 Å². The van der Waals surface area contributed by atoms with Crippen molar-refractivity contribution in [2.45, 2.75) is 18.6 Å². The molecule has 5 nitrogen and oxygen atoms in total. The van der Waals surface area contributed by atoms with Gasteiger partial charge in [-0.25, -0.2) is 0 Å². The fraction of sp³-hybridized carbons (Fsp3) is 0.909. The molecule has 1 amide bonds. The number of methoxy groups -OCH3 is 1. The zero-order valence-corrected chi connectivity index (χ0v) is 11.3. The lowest BCUT2D eigenvalue weighted by Crippen LogP contribution is -2.43. The van der Waals surface area contributed by atoms with Crippen LogP contribution in [0.15, 0.2) is 0 Å². The maximum Gasteiger partial charge on any atom is 0.223 e. The van der Waals surface area contributed by atoms with Crippen molar-refractivity contribution in [3.8, 4) is 0 Å². The first-order valence-corrected chi connectivity index (χ1v) is 7.01. The molecule has 0 radical (unpaired) electrons. The summed E-state index contributed by atoms with van der Waals surface area (Å²) in [4.78, 5) is 13.4. The van der Waals surface area contributed by atoms with E-state index in [9.17, 15) is 9.90 Å². The number of nitrogens with one attached hydrogen (secondary N) is 1. The molecule has 0 aliphatic carbocycles. The Morgan fingerprint density at radius 1 is 1.71 bits per heavy atom. The predicted octanol–water partition coefficient (Wildman–Crippen LogP) is -0.453. The van der Waals surface area contributed by atoms with Gasteiger partial charge in [0.1, 0.15) is 0 Å². The number of amides is 1. The van der Waals surface area contributed by atoms with Gasteiger partial charge in [-0.05, 0) is 0 Å². The van der Waals surface area contributed by atoms with E-state index in [2.05, 4.69) is 5.32 Å². The maximum absolute atomic E-state index is 11.9. The third-order valence-corrected chi connectivity index (χ3v) is 3.82. The van der Waals surface area contributed by atoms with Crippen molar-refractivity contribution >= 4 is 17.7 Å². The fourth-order valence-electron chi connectivity index (χ4n) is 1.78. The van der Waals surface area contributed by atoms with Gasteiger partial charge in [-0.3, -0.25) is 4.79 Å². The molecule has 100 valence electrons. The van der Waals surface area contributed by atoms with Crippen LogP contribution in [0, 0.1) is 0 Å².